The summed E-state index contributed by atoms with van der Waals surface area (Å²) in [4.78, 5) is 25.6. The van der Waals surface area contributed by atoms with Gasteiger partial charge < -0.3 is 19.3 Å². The van der Waals surface area contributed by atoms with Crippen molar-refractivity contribution >= 4 is 0 Å². The second-order valence-electron chi connectivity index (χ2n) is 7.20. The minimum Gasteiger partial charge on any atom is -0.507 e. The molecule has 7 heteroatoms. The molecule has 2 heterocycles. The highest BCUT2D eigenvalue weighted by Gasteiger charge is 2.31. The van der Waals surface area contributed by atoms with Crippen molar-refractivity contribution in [3.05, 3.63) is 91.0 Å². The van der Waals surface area contributed by atoms with E-state index in [1.165, 1.54) is 33.4 Å². The summed E-state index contributed by atoms with van der Waals surface area (Å²) in [6.45, 7) is 7.61. The zero-order chi connectivity index (χ0) is 22.2. The number of hydrogen-bond acceptors (Lipinski definition) is 4. The fraction of sp³-hybridized carbons (Fsp3) is 0.304. The first kappa shape index (κ1) is 21.4. The quantitative estimate of drug-likeness (QED) is 0.673. The van der Waals surface area contributed by atoms with Crippen LogP contribution in [0.5, 0.6) is 11.5 Å². The van der Waals surface area contributed by atoms with E-state index in [9.17, 15) is 24.2 Å². The van der Waals surface area contributed by atoms with Crippen LogP contribution in [0.3, 0.4) is 0 Å². The molecular formula is C23H25FN2O4. The molecule has 3 aromatic rings. The van der Waals surface area contributed by atoms with Crippen LogP contribution >= 0.6 is 0 Å². The van der Waals surface area contributed by atoms with Crippen molar-refractivity contribution in [1.29, 1.82) is 0 Å². The molecule has 0 saturated carbocycles. The lowest BCUT2D eigenvalue weighted by molar-refractivity contribution is 0.448. The van der Waals surface area contributed by atoms with Crippen molar-refractivity contribution in [2.75, 3.05) is 0 Å². The van der Waals surface area contributed by atoms with Crippen molar-refractivity contribution in [3.8, 4) is 11.5 Å². The Morgan fingerprint density at radius 3 is 2.13 bits per heavy atom. The lowest BCUT2D eigenvalue weighted by Crippen LogP contribution is -2.29. The Bertz CT molecular complexity index is 1230. The summed E-state index contributed by atoms with van der Waals surface area (Å²) < 4.78 is 17.8. The molecule has 0 spiro atoms. The minimum absolute atomic E-state index is 0.0488. The second-order valence-corrected chi connectivity index (χ2v) is 7.20. The highest BCUT2D eigenvalue weighted by atomic mass is 19.1. The molecular weight excluding hydrogens is 387 g/mol. The van der Waals surface area contributed by atoms with E-state index in [1.807, 2.05) is 0 Å². The number of halogens is 1. The van der Waals surface area contributed by atoms with Crippen LogP contribution in [0.1, 0.15) is 47.8 Å². The van der Waals surface area contributed by atoms with Gasteiger partial charge in [-0.2, -0.15) is 0 Å². The molecule has 1 aromatic carbocycles. The third-order valence-corrected chi connectivity index (χ3v) is 5.55. The number of aromatic hydroxyl groups is 2. The van der Waals surface area contributed by atoms with Crippen molar-refractivity contribution in [2.45, 2.75) is 46.7 Å². The first-order valence-corrected chi connectivity index (χ1v) is 9.83. The number of rotatable bonds is 5. The van der Waals surface area contributed by atoms with Gasteiger partial charge >= 0.3 is 0 Å². The van der Waals surface area contributed by atoms with Crippen LogP contribution in [-0.2, 0) is 13.1 Å². The molecule has 30 heavy (non-hydrogen) atoms. The predicted octanol–water partition coefficient (Wildman–Crippen LogP) is 3.40. The van der Waals surface area contributed by atoms with Crippen LogP contribution in [0.2, 0.25) is 0 Å². The molecule has 158 valence electrons. The molecule has 0 bridgehead atoms. The minimum atomic E-state index is -1.10. The van der Waals surface area contributed by atoms with Crippen molar-refractivity contribution in [3.63, 3.8) is 0 Å². The average Bonchev–Trinajstić information content (AvgIpc) is 2.67. The number of pyridine rings is 2. The van der Waals surface area contributed by atoms with Gasteiger partial charge in [0.1, 0.15) is 17.3 Å². The summed E-state index contributed by atoms with van der Waals surface area (Å²) in [6, 6.07) is 8.43. The lowest BCUT2D eigenvalue weighted by atomic mass is 9.83. The molecule has 3 rings (SSSR count). The van der Waals surface area contributed by atoms with Crippen molar-refractivity contribution in [1.82, 2.24) is 9.13 Å². The summed E-state index contributed by atoms with van der Waals surface area (Å²) in [5.74, 6) is -2.32. The Kier molecular flexibility index (Phi) is 5.82. The zero-order valence-electron chi connectivity index (χ0n) is 17.4. The van der Waals surface area contributed by atoms with E-state index < -0.39 is 22.9 Å². The van der Waals surface area contributed by atoms with Crippen LogP contribution in [-0.4, -0.2) is 19.3 Å². The van der Waals surface area contributed by atoms with Crippen molar-refractivity contribution < 1.29 is 14.6 Å². The van der Waals surface area contributed by atoms with Gasteiger partial charge in [0, 0.05) is 41.7 Å². The summed E-state index contributed by atoms with van der Waals surface area (Å²) in [7, 11) is 0. The Labute approximate surface area is 173 Å². The molecule has 1 atom stereocenters. The third kappa shape index (κ3) is 3.40. The Balaban J connectivity index is 2.51. The monoisotopic (exact) mass is 412 g/mol. The second kappa shape index (κ2) is 8.18. The predicted molar refractivity (Wildman–Crippen MR) is 113 cm³/mol. The molecule has 0 fully saturated rings. The van der Waals surface area contributed by atoms with Crippen LogP contribution < -0.4 is 11.1 Å². The van der Waals surface area contributed by atoms with E-state index in [4.69, 9.17) is 0 Å². The molecule has 2 N–H and O–H groups in total. The number of nitrogens with zero attached hydrogens (tertiary/aromatic N) is 2. The van der Waals surface area contributed by atoms with Gasteiger partial charge in [0.15, 0.2) is 0 Å². The van der Waals surface area contributed by atoms with Crippen LogP contribution in [0, 0.1) is 19.7 Å². The van der Waals surface area contributed by atoms with Crippen LogP contribution in [0.4, 0.5) is 4.39 Å². The molecule has 6 nitrogen and oxygen atoms in total. The van der Waals surface area contributed by atoms with E-state index in [2.05, 4.69) is 0 Å². The molecule has 0 radical (unpaired) electrons. The summed E-state index contributed by atoms with van der Waals surface area (Å²) in [6.07, 6.45) is 0. The van der Waals surface area contributed by atoms with Crippen LogP contribution in [0.25, 0.3) is 0 Å². The highest BCUT2D eigenvalue weighted by molar-refractivity contribution is 5.54. The lowest BCUT2D eigenvalue weighted by Gasteiger charge is -2.25. The van der Waals surface area contributed by atoms with Gasteiger partial charge in [0.05, 0.1) is 11.5 Å². The number of aryl methyl sites for hydroxylation is 1. The summed E-state index contributed by atoms with van der Waals surface area (Å²) in [5, 5.41) is 21.5. The number of benzene rings is 1. The smallest absolute Gasteiger partial charge is 0.258 e. The standard InChI is InChI=1S/C23H25FN2O4/c1-5-25-13(3)11-17(27)22(23(25)30)21(15-9-7-8-10-16(15)24)20-14(4)26(6-2)19(29)12-18(20)28/h7-12,21,27-28H,5-6H2,1-4H3. The molecule has 0 saturated heterocycles. The van der Waals surface area contributed by atoms with Crippen molar-refractivity contribution in [2.24, 2.45) is 0 Å². The first-order valence-electron chi connectivity index (χ1n) is 9.83. The molecule has 0 aliphatic heterocycles. The Morgan fingerprint density at radius 2 is 1.53 bits per heavy atom. The SMILES string of the molecule is CCn1c(C)c(C(c2ccccc2F)c2c(O)cc(C)n(CC)c2=O)c(O)cc1=O. The van der Waals surface area contributed by atoms with E-state index in [0.717, 1.165) is 6.07 Å². The Hall–Kier alpha value is -3.35. The fourth-order valence-corrected chi connectivity index (χ4v) is 4.12. The van der Waals surface area contributed by atoms with E-state index in [1.54, 1.807) is 33.8 Å². The maximum Gasteiger partial charge on any atom is 0.258 e. The first-order chi connectivity index (χ1) is 14.2. The molecule has 0 aliphatic carbocycles. The Morgan fingerprint density at radius 1 is 0.933 bits per heavy atom. The average molecular weight is 412 g/mol. The largest absolute Gasteiger partial charge is 0.507 e. The van der Waals surface area contributed by atoms with Gasteiger partial charge in [-0.1, -0.05) is 18.2 Å². The van der Waals surface area contributed by atoms with Gasteiger partial charge in [-0.3, -0.25) is 9.59 Å². The number of hydrogen-bond donors (Lipinski definition) is 2. The molecule has 2 aromatic heterocycles. The van der Waals surface area contributed by atoms with Gasteiger partial charge in [-0.15, -0.1) is 0 Å². The number of aromatic nitrogens is 2. The van der Waals surface area contributed by atoms with E-state index in [-0.39, 0.29) is 28.2 Å². The molecule has 1 unspecified atom stereocenters. The highest BCUT2D eigenvalue weighted by Crippen LogP contribution is 2.41. The third-order valence-electron chi connectivity index (χ3n) is 5.55. The van der Waals surface area contributed by atoms with Gasteiger partial charge in [-0.25, -0.2) is 4.39 Å². The molecule has 0 aliphatic rings. The van der Waals surface area contributed by atoms with Gasteiger partial charge in [0.25, 0.3) is 11.1 Å². The van der Waals surface area contributed by atoms with E-state index in [0.29, 0.717) is 24.5 Å². The maximum atomic E-state index is 14.9. The van der Waals surface area contributed by atoms with Gasteiger partial charge in [0.2, 0.25) is 0 Å². The normalized spacial score (nSPS) is 12.2. The summed E-state index contributed by atoms with van der Waals surface area (Å²) in [5.41, 5.74) is 0.372. The zero-order valence-corrected chi connectivity index (χ0v) is 17.4. The fourth-order valence-electron chi connectivity index (χ4n) is 4.12. The molecule has 0 amide bonds. The topological polar surface area (TPSA) is 84.5 Å². The van der Waals surface area contributed by atoms with Gasteiger partial charge in [-0.05, 0) is 39.8 Å². The van der Waals surface area contributed by atoms with E-state index >= 15 is 0 Å². The maximum absolute atomic E-state index is 14.9. The van der Waals surface area contributed by atoms with Crippen LogP contribution in [0.15, 0.2) is 46.0 Å². The summed E-state index contributed by atoms with van der Waals surface area (Å²) >= 11 is 0.